The largest absolute Gasteiger partial charge is 0.478 e. The lowest BCUT2D eigenvalue weighted by atomic mass is 9.97. The number of rotatable bonds is 1. The Morgan fingerprint density at radius 2 is 2.19 bits per heavy atom. The van der Waals surface area contributed by atoms with Crippen molar-refractivity contribution in [1.29, 1.82) is 5.26 Å². The lowest BCUT2D eigenvalue weighted by Crippen LogP contribution is -2.12. The van der Waals surface area contributed by atoms with Crippen LogP contribution in [0.25, 0.3) is 0 Å². The molecule has 0 amide bonds. The number of nitrogens with two attached hydrogens (primary N) is 2. The fraction of sp³-hybridized carbons (Fsp3) is 0.0714. The van der Waals surface area contributed by atoms with Gasteiger partial charge in [0.1, 0.15) is 23.2 Å². The van der Waals surface area contributed by atoms with Crippen LogP contribution in [-0.4, -0.2) is 16.1 Å². The number of nitrogens with zero attached hydrogens (tertiary/aromatic N) is 2. The number of nitriles is 1. The molecule has 0 fully saturated rings. The zero-order valence-corrected chi connectivity index (χ0v) is 10.8. The van der Waals surface area contributed by atoms with Crippen LogP contribution in [0.2, 0.25) is 0 Å². The topological polar surface area (TPSA) is 135 Å². The lowest BCUT2D eigenvalue weighted by Gasteiger charge is -2.21. The molecule has 1 aromatic heterocycles. The number of anilines is 2. The molecule has 0 atom stereocenters. The number of carbonyl (C=O) groups is 1. The van der Waals surface area contributed by atoms with Crippen molar-refractivity contribution in [2.75, 3.05) is 11.5 Å². The van der Waals surface area contributed by atoms with Gasteiger partial charge in [-0.2, -0.15) is 10.2 Å². The highest BCUT2D eigenvalue weighted by Gasteiger charge is 2.24. The Labute approximate surface area is 119 Å². The second-order valence-corrected chi connectivity index (χ2v) is 4.59. The Kier molecular flexibility index (Phi) is 2.66. The molecule has 3 rings (SSSR count). The third kappa shape index (κ3) is 1.90. The van der Waals surface area contributed by atoms with Gasteiger partial charge < -0.3 is 21.3 Å². The van der Waals surface area contributed by atoms with Crippen molar-refractivity contribution in [1.82, 2.24) is 4.98 Å². The highest BCUT2D eigenvalue weighted by molar-refractivity contribution is 5.88. The molecular formula is C14H10N4O3. The Bertz CT molecular complexity index is 824. The van der Waals surface area contributed by atoms with Crippen molar-refractivity contribution < 1.29 is 14.6 Å². The number of benzene rings is 1. The van der Waals surface area contributed by atoms with Crippen molar-refractivity contribution in [3.8, 4) is 17.7 Å². The number of fused-ring (bicyclic) bond motifs is 2. The van der Waals surface area contributed by atoms with Crippen LogP contribution in [0.15, 0.2) is 18.2 Å². The van der Waals surface area contributed by atoms with Gasteiger partial charge in [-0.3, -0.25) is 0 Å². The summed E-state index contributed by atoms with van der Waals surface area (Å²) in [5.74, 6) is -0.257. The molecule has 2 heterocycles. The maximum atomic E-state index is 11.0. The van der Waals surface area contributed by atoms with E-state index in [0.717, 1.165) is 0 Å². The van der Waals surface area contributed by atoms with E-state index >= 15 is 0 Å². The molecule has 7 heteroatoms. The van der Waals surface area contributed by atoms with Gasteiger partial charge in [0.2, 0.25) is 5.88 Å². The van der Waals surface area contributed by atoms with Gasteiger partial charge in [0.15, 0.2) is 0 Å². The first-order chi connectivity index (χ1) is 10.0. The third-order valence-corrected chi connectivity index (χ3v) is 3.32. The summed E-state index contributed by atoms with van der Waals surface area (Å²) >= 11 is 0. The molecule has 0 bridgehead atoms. The maximum absolute atomic E-state index is 11.0. The number of aromatic nitrogens is 1. The minimum atomic E-state index is -1.02. The van der Waals surface area contributed by atoms with E-state index < -0.39 is 5.97 Å². The summed E-state index contributed by atoms with van der Waals surface area (Å²) < 4.78 is 5.60. The number of carboxylic acids is 1. The van der Waals surface area contributed by atoms with Crippen molar-refractivity contribution in [2.24, 2.45) is 0 Å². The summed E-state index contributed by atoms with van der Waals surface area (Å²) in [6.07, 6.45) is 0.333. The number of hydrogen-bond donors (Lipinski definition) is 3. The zero-order chi connectivity index (χ0) is 15.1. The summed E-state index contributed by atoms with van der Waals surface area (Å²) in [7, 11) is 0. The second kappa shape index (κ2) is 4.38. The first-order valence-electron chi connectivity index (χ1n) is 6.03. The predicted octanol–water partition coefficient (Wildman–Crippen LogP) is 1.51. The van der Waals surface area contributed by atoms with Crippen LogP contribution in [0.1, 0.15) is 27.0 Å². The van der Waals surface area contributed by atoms with E-state index in [-0.39, 0.29) is 28.5 Å². The molecule has 0 radical (unpaired) electrons. The standard InChI is InChI=1S/C14H10N4O3/c15-5-9-11(16)8-4-7-3-6(14(19)20)1-2-10(7)21-13(8)18-12(9)17/h1-3H,4H2,(H,19,20)(H4,16,17,18). The van der Waals surface area contributed by atoms with Crippen LogP contribution in [0, 0.1) is 11.3 Å². The minimum Gasteiger partial charge on any atom is -0.478 e. The monoisotopic (exact) mass is 282 g/mol. The summed E-state index contributed by atoms with van der Waals surface area (Å²) in [6, 6.07) is 6.43. The van der Waals surface area contributed by atoms with Gasteiger partial charge in [0.25, 0.3) is 0 Å². The van der Waals surface area contributed by atoms with Crippen molar-refractivity contribution in [3.05, 3.63) is 40.5 Å². The van der Waals surface area contributed by atoms with Crippen LogP contribution in [-0.2, 0) is 6.42 Å². The number of carboxylic acid groups (broad SMARTS) is 1. The molecule has 7 nitrogen and oxygen atoms in total. The first kappa shape index (κ1) is 12.7. The normalized spacial score (nSPS) is 11.8. The molecule has 1 aliphatic heterocycles. The molecule has 104 valence electrons. The number of hydrogen-bond acceptors (Lipinski definition) is 6. The molecule has 5 N–H and O–H groups in total. The Morgan fingerprint density at radius 3 is 2.86 bits per heavy atom. The average Bonchev–Trinajstić information content (AvgIpc) is 2.45. The quantitative estimate of drug-likeness (QED) is 0.615. The summed E-state index contributed by atoms with van der Waals surface area (Å²) in [5.41, 5.74) is 13.3. The molecule has 0 aliphatic carbocycles. The van der Waals surface area contributed by atoms with Gasteiger partial charge in [0.05, 0.1) is 11.3 Å². The van der Waals surface area contributed by atoms with Gasteiger partial charge in [0, 0.05) is 17.5 Å². The number of pyridine rings is 1. The molecule has 1 aromatic carbocycles. The number of ether oxygens (including phenoxy) is 1. The Morgan fingerprint density at radius 1 is 1.43 bits per heavy atom. The van der Waals surface area contributed by atoms with Gasteiger partial charge in [-0.15, -0.1) is 0 Å². The van der Waals surface area contributed by atoms with E-state index in [9.17, 15) is 4.79 Å². The molecular weight excluding hydrogens is 272 g/mol. The average molecular weight is 282 g/mol. The smallest absolute Gasteiger partial charge is 0.335 e. The molecule has 0 saturated heterocycles. The molecule has 0 unspecified atom stereocenters. The number of aromatic carboxylic acids is 1. The van der Waals surface area contributed by atoms with Crippen LogP contribution >= 0.6 is 0 Å². The van der Waals surface area contributed by atoms with E-state index in [1.165, 1.54) is 12.1 Å². The number of nitrogen functional groups attached to an aromatic ring is 2. The van der Waals surface area contributed by atoms with Gasteiger partial charge in [-0.1, -0.05) is 0 Å². The summed E-state index contributed by atoms with van der Waals surface area (Å²) in [4.78, 5) is 15.0. The summed E-state index contributed by atoms with van der Waals surface area (Å²) in [6.45, 7) is 0. The van der Waals surface area contributed by atoms with E-state index in [1.54, 1.807) is 6.07 Å². The Hall–Kier alpha value is -3.27. The fourth-order valence-electron chi connectivity index (χ4n) is 2.25. The highest BCUT2D eigenvalue weighted by Crippen LogP contribution is 2.40. The minimum absolute atomic E-state index is 0.0133. The third-order valence-electron chi connectivity index (χ3n) is 3.32. The molecule has 0 saturated carbocycles. The van der Waals surface area contributed by atoms with E-state index in [4.69, 9.17) is 26.6 Å². The predicted molar refractivity (Wildman–Crippen MR) is 74.1 cm³/mol. The van der Waals surface area contributed by atoms with Crippen molar-refractivity contribution in [3.63, 3.8) is 0 Å². The maximum Gasteiger partial charge on any atom is 0.335 e. The SMILES string of the molecule is N#Cc1c(N)nc2c(c1N)Cc1cc(C(=O)O)ccc1O2. The second-order valence-electron chi connectivity index (χ2n) is 4.59. The fourth-order valence-corrected chi connectivity index (χ4v) is 2.25. The van der Waals surface area contributed by atoms with Crippen molar-refractivity contribution in [2.45, 2.75) is 6.42 Å². The van der Waals surface area contributed by atoms with E-state index in [1.807, 2.05) is 6.07 Å². The molecule has 2 aromatic rings. The lowest BCUT2D eigenvalue weighted by molar-refractivity contribution is 0.0696. The van der Waals surface area contributed by atoms with E-state index in [2.05, 4.69) is 4.98 Å². The Balaban J connectivity index is 2.14. The molecule has 1 aliphatic rings. The van der Waals surface area contributed by atoms with Crippen LogP contribution in [0.5, 0.6) is 11.6 Å². The summed E-state index contributed by atoms with van der Waals surface area (Å²) in [5, 5.41) is 18.1. The zero-order valence-electron chi connectivity index (χ0n) is 10.8. The molecule has 0 spiro atoms. The van der Waals surface area contributed by atoms with Crippen LogP contribution < -0.4 is 16.2 Å². The molecule has 21 heavy (non-hydrogen) atoms. The van der Waals surface area contributed by atoms with E-state index in [0.29, 0.717) is 23.3 Å². The van der Waals surface area contributed by atoms with Gasteiger partial charge in [-0.25, -0.2) is 4.79 Å². The first-order valence-corrected chi connectivity index (χ1v) is 6.03. The van der Waals surface area contributed by atoms with Gasteiger partial charge in [-0.05, 0) is 18.2 Å². The highest BCUT2D eigenvalue weighted by atomic mass is 16.5. The van der Waals surface area contributed by atoms with Crippen LogP contribution in [0.4, 0.5) is 11.5 Å². The van der Waals surface area contributed by atoms with Gasteiger partial charge >= 0.3 is 5.97 Å². The van der Waals surface area contributed by atoms with Crippen molar-refractivity contribution >= 4 is 17.5 Å². The van der Waals surface area contributed by atoms with Crippen LogP contribution in [0.3, 0.4) is 0 Å².